The Hall–Kier alpha value is -4.26. The lowest BCUT2D eigenvalue weighted by molar-refractivity contribution is -0.764. The molecule has 0 saturated heterocycles. The van der Waals surface area contributed by atoms with E-state index in [1.165, 1.54) is 28.8 Å². The van der Waals surface area contributed by atoms with Gasteiger partial charge in [0, 0.05) is 24.5 Å². The maximum absolute atomic E-state index is 13.3. The molecule has 1 atom stereocenters. The molecule has 1 unspecified atom stereocenters. The number of amides is 1. The molecule has 0 saturated carbocycles. The van der Waals surface area contributed by atoms with E-state index >= 15 is 0 Å². The molecule has 0 spiro atoms. The highest BCUT2D eigenvalue weighted by atomic mass is 32.2. The number of nitro benzene ring substituents is 1. The minimum Gasteiger partial charge on any atom is -0.854 e. The zero-order valence-electron chi connectivity index (χ0n) is 19.8. The van der Waals surface area contributed by atoms with Gasteiger partial charge in [-0.2, -0.15) is 0 Å². The molecule has 1 amide bonds. The predicted octanol–water partition coefficient (Wildman–Crippen LogP) is 2.37. The number of nitrogens with zero attached hydrogens (tertiary/aromatic N) is 5. The third kappa shape index (κ3) is 4.17. The number of ether oxygens (including phenoxy) is 2. The number of para-hydroxylation sites is 1. The van der Waals surface area contributed by atoms with Crippen molar-refractivity contribution in [2.75, 3.05) is 18.3 Å². The Kier molecular flexibility index (Phi) is 6.75. The average Bonchev–Trinajstić information content (AvgIpc) is 2.86. The number of benzene rings is 2. The maximum atomic E-state index is 13.3. The summed E-state index contributed by atoms with van der Waals surface area (Å²) in [6.07, 6.45) is 0.711. The molecule has 12 nitrogen and oxygen atoms in total. The number of methoxy groups -OCH3 is 1. The minimum absolute atomic E-state index is 0.0965. The van der Waals surface area contributed by atoms with Crippen molar-refractivity contribution < 1.29 is 33.8 Å². The normalized spacial score (nSPS) is 14.0. The van der Waals surface area contributed by atoms with Crippen LogP contribution in [-0.4, -0.2) is 40.2 Å². The number of anilines is 1. The molecule has 13 heteroatoms. The molecular formula is C23H21N5O7S. The standard InChI is InChI=1S/C23H21N5O7S/c1-5-18(30)26-15-9-7-6-8-14(15)19-21(31)24-23(36-4)25-27(19)22(26)13-10-16(28(32)33)20(35-12(2)29)17(11-13)34-3/h6-11,22H,5H2,1-4H3. The lowest BCUT2D eigenvalue weighted by atomic mass is 10.00. The van der Waals surface area contributed by atoms with Crippen LogP contribution in [0, 0.1) is 10.1 Å². The van der Waals surface area contributed by atoms with Crippen molar-refractivity contribution in [1.82, 2.24) is 10.1 Å². The molecule has 2 heterocycles. The molecular weight excluding hydrogens is 490 g/mol. The van der Waals surface area contributed by atoms with Crippen LogP contribution in [0.4, 0.5) is 11.4 Å². The Labute approximate surface area is 209 Å². The Morgan fingerprint density at radius 1 is 1.28 bits per heavy atom. The fourth-order valence-electron chi connectivity index (χ4n) is 4.05. The first-order chi connectivity index (χ1) is 17.2. The van der Waals surface area contributed by atoms with Gasteiger partial charge in [0.05, 0.1) is 34.7 Å². The molecule has 2 aromatic carbocycles. The highest BCUT2D eigenvalue weighted by Crippen LogP contribution is 2.45. The molecule has 1 aliphatic heterocycles. The van der Waals surface area contributed by atoms with E-state index < -0.39 is 28.6 Å². The summed E-state index contributed by atoms with van der Waals surface area (Å²) >= 11 is 1.14. The number of carbonyl (C=O) groups excluding carboxylic acids is 2. The first-order valence-electron chi connectivity index (χ1n) is 10.7. The molecule has 3 aromatic rings. The molecule has 0 N–H and O–H groups in total. The van der Waals surface area contributed by atoms with Crippen molar-refractivity contribution in [2.45, 2.75) is 31.6 Å². The number of thioether (sulfide) groups is 1. The third-order valence-electron chi connectivity index (χ3n) is 5.49. The minimum atomic E-state index is -1.09. The summed E-state index contributed by atoms with van der Waals surface area (Å²) in [6, 6.07) is 9.40. The molecule has 36 heavy (non-hydrogen) atoms. The monoisotopic (exact) mass is 511 g/mol. The number of hydrogen-bond acceptors (Lipinski definition) is 10. The van der Waals surface area contributed by atoms with E-state index in [0.29, 0.717) is 11.3 Å². The summed E-state index contributed by atoms with van der Waals surface area (Å²) in [4.78, 5) is 41.6. The number of fused-ring (bicyclic) bond motifs is 3. The van der Waals surface area contributed by atoms with Crippen LogP contribution in [0.25, 0.3) is 11.3 Å². The van der Waals surface area contributed by atoms with E-state index in [1.807, 2.05) is 0 Å². The lowest BCUT2D eigenvalue weighted by Gasteiger charge is -2.33. The lowest BCUT2D eigenvalue weighted by Crippen LogP contribution is -2.59. The zero-order valence-corrected chi connectivity index (χ0v) is 20.6. The first-order valence-corrected chi connectivity index (χ1v) is 11.9. The topological polar surface area (TPSA) is 152 Å². The number of nitro groups is 1. The van der Waals surface area contributed by atoms with Gasteiger partial charge in [0.15, 0.2) is 5.75 Å². The zero-order chi connectivity index (χ0) is 26.1. The molecule has 0 bridgehead atoms. The van der Waals surface area contributed by atoms with E-state index in [4.69, 9.17) is 9.47 Å². The summed E-state index contributed by atoms with van der Waals surface area (Å²) in [5.74, 6) is -2.11. The summed E-state index contributed by atoms with van der Waals surface area (Å²) in [6.45, 7) is 2.79. The fraction of sp³-hybridized carbons (Fsp3) is 0.261. The average molecular weight is 512 g/mol. The van der Waals surface area contributed by atoms with Crippen LogP contribution >= 0.6 is 11.8 Å². The van der Waals surface area contributed by atoms with Crippen molar-refractivity contribution in [3.63, 3.8) is 0 Å². The van der Waals surface area contributed by atoms with Crippen LogP contribution in [0.15, 0.2) is 41.6 Å². The van der Waals surface area contributed by atoms with Crippen LogP contribution in [-0.2, 0) is 9.59 Å². The highest BCUT2D eigenvalue weighted by Gasteiger charge is 2.45. The van der Waals surface area contributed by atoms with E-state index in [-0.39, 0.29) is 40.2 Å². The van der Waals surface area contributed by atoms with Gasteiger partial charge in [-0.1, -0.05) is 35.5 Å². The van der Waals surface area contributed by atoms with Gasteiger partial charge >= 0.3 is 11.7 Å². The summed E-state index contributed by atoms with van der Waals surface area (Å²) in [7, 11) is 1.27. The van der Waals surface area contributed by atoms with Crippen molar-refractivity contribution in [2.24, 2.45) is 0 Å². The molecule has 0 radical (unpaired) electrons. The molecule has 1 aliphatic rings. The number of aromatic nitrogens is 3. The van der Waals surface area contributed by atoms with Crippen LogP contribution in [0.2, 0.25) is 0 Å². The SMILES string of the molecule is CCC(=O)N1c2ccccc2-c2c([O-])nc(SC)n[n+]2C1c1cc(OC)c(OC(C)=O)c([N+](=O)[O-])c1. The van der Waals surface area contributed by atoms with E-state index in [1.54, 1.807) is 37.4 Å². The summed E-state index contributed by atoms with van der Waals surface area (Å²) in [5, 5.41) is 29.8. The molecule has 1 aromatic heterocycles. The second kappa shape index (κ2) is 9.77. The second-order valence-electron chi connectivity index (χ2n) is 7.63. The molecule has 4 rings (SSSR count). The third-order valence-corrected chi connectivity index (χ3v) is 6.03. The van der Waals surface area contributed by atoms with E-state index in [2.05, 4.69) is 10.1 Å². The first kappa shape index (κ1) is 24.9. The Morgan fingerprint density at radius 3 is 2.61 bits per heavy atom. The second-order valence-corrected chi connectivity index (χ2v) is 8.40. The van der Waals surface area contributed by atoms with Gasteiger partial charge in [-0.25, -0.2) is 9.88 Å². The van der Waals surface area contributed by atoms with Crippen LogP contribution in [0.1, 0.15) is 32.0 Å². The van der Waals surface area contributed by atoms with Crippen LogP contribution in [0.3, 0.4) is 0 Å². The Balaban J connectivity index is 2.09. The van der Waals surface area contributed by atoms with Gasteiger partial charge in [-0.3, -0.25) is 19.7 Å². The van der Waals surface area contributed by atoms with Gasteiger partial charge < -0.3 is 14.6 Å². The number of esters is 1. The fourth-order valence-corrected chi connectivity index (χ4v) is 4.40. The maximum Gasteiger partial charge on any atom is 0.316 e. The van der Waals surface area contributed by atoms with Crippen molar-refractivity contribution >= 4 is 35.0 Å². The molecule has 0 aliphatic carbocycles. The van der Waals surface area contributed by atoms with Crippen LogP contribution in [0.5, 0.6) is 17.4 Å². The van der Waals surface area contributed by atoms with Gasteiger partial charge in [0.1, 0.15) is 0 Å². The van der Waals surface area contributed by atoms with Crippen molar-refractivity contribution in [3.05, 3.63) is 52.1 Å². The highest BCUT2D eigenvalue weighted by molar-refractivity contribution is 7.98. The van der Waals surface area contributed by atoms with Gasteiger partial charge in [0.2, 0.25) is 11.7 Å². The quantitative estimate of drug-likeness (QED) is 0.120. The van der Waals surface area contributed by atoms with Crippen molar-refractivity contribution in [3.8, 4) is 28.6 Å². The molecule has 186 valence electrons. The van der Waals surface area contributed by atoms with Gasteiger partial charge in [-0.05, 0) is 24.5 Å². The predicted molar refractivity (Wildman–Crippen MR) is 126 cm³/mol. The van der Waals surface area contributed by atoms with Crippen molar-refractivity contribution in [1.29, 1.82) is 0 Å². The van der Waals surface area contributed by atoms with Gasteiger partial charge in [0.25, 0.3) is 17.0 Å². The van der Waals surface area contributed by atoms with Crippen LogP contribution < -0.4 is 24.2 Å². The summed E-state index contributed by atoms with van der Waals surface area (Å²) in [5.41, 5.74) is 0.663. The molecule has 0 fully saturated rings. The number of hydrogen-bond donors (Lipinski definition) is 0. The Bertz CT molecular complexity index is 1400. The smallest absolute Gasteiger partial charge is 0.316 e. The Morgan fingerprint density at radius 2 is 2.00 bits per heavy atom. The van der Waals surface area contributed by atoms with Gasteiger partial charge in [-0.15, -0.1) is 0 Å². The largest absolute Gasteiger partial charge is 0.854 e. The van der Waals surface area contributed by atoms with E-state index in [9.17, 15) is 24.8 Å². The summed E-state index contributed by atoms with van der Waals surface area (Å²) < 4.78 is 11.7. The van der Waals surface area contributed by atoms with E-state index in [0.717, 1.165) is 18.7 Å². The number of carbonyl (C=O) groups is 2. The number of rotatable bonds is 6.